The molecule has 0 nitrogen and oxygen atoms in total. The van der Waals surface area contributed by atoms with Crippen molar-refractivity contribution < 1.29 is 20.4 Å². The van der Waals surface area contributed by atoms with Crippen LogP contribution < -0.4 is 0 Å². The maximum atomic E-state index is 2.59. The fraction of sp³-hybridized carbons (Fsp3) is 0.111. The van der Waals surface area contributed by atoms with E-state index in [2.05, 4.69) is 159 Å². The SMILES string of the molecule is C[Si](C)=[Zr]([C]1=C(c2ccccc2)C=CC1c1ccccc1)[C]1=C(c2ccccc2)C=CC1c1ccccc1.Cl.Cl. The van der Waals surface area contributed by atoms with Crippen LogP contribution in [0.25, 0.3) is 11.1 Å². The molecule has 0 radical (unpaired) electrons. The van der Waals surface area contributed by atoms with Crippen molar-refractivity contribution in [1.29, 1.82) is 0 Å². The Morgan fingerprint density at radius 1 is 0.475 bits per heavy atom. The van der Waals surface area contributed by atoms with Crippen LogP contribution >= 0.6 is 24.8 Å². The van der Waals surface area contributed by atoms with Gasteiger partial charge in [-0.3, -0.25) is 0 Å². The average molecular weight is 657 g/mol. The van der Waals surface area contributed by atoms with Crippen molar-refractivity contribution >= 4 is 41.4 Å². The predicted octanol–water partition coefficient (Wildman–Crippen LogP) is 10.2. The van der Waals surface area contributed by atoms with E-state index in [1.54, 1.807) is 6.56 Å². The molecule has 0 saturated carbocycles. The minimum absolute atomic E-state index is 0. The van der Waals surface area contributed by atoms with Gasteiger partial charge in [0.15, 0.2) is 0 Å². The van der Waals surface area contributed by atoms with Crippen LogP contribution in [0.4, 0.5) is 0 Å². The molecule has 0 spiro atoms. The molecule has 40 heavy (non-hydrogen) atoms. The van der Waals surface area contributed by atoms with Gasteiger partial charge < -0.3 is 0 Å². The normalized spacial score (nSPS) is 17.4. The smallest absolute Gasteiger partial charge is 0.147 e. The van der Waals surface area contributed by atoms with E-state index in [1.165, 1.54) is 33.4 Å². The minimum Gasteiger partial charge on any atom is -0.147 e. The molecule has 2 aliphatic carbocycles. The second kappa shape index (κ2) is 13.9. The molecule has 2 aliphatic rings. The molecule has 6 rings (SSSR count). The average Bonchev–Trinajstić information content (AvgIpc) is 3.61. The molecule has 0 N–H and O–H groups in total. The van der Waals surface area contributed by atoms with Gasteiger partial charge in [-0.1, -0.05) is 0 Å². The molecular weight excluding hydrogens is 623 g/mol. The van der Waals surface area contributed by atoms with E-state index in [0.717, 1.165) is 0 Å². The molecule has 0 fully saturated rings. The summed E-state index contributed by atoms with van der Waals surface area (Å²) in [6.45, 7) is 5.18. The van der Waals surface area contributed by atoms with Crippen LogP contribution in [0.5, 0.6) is 0 Å². The van der Waals surface area contributed by atoms with Gasteiger partial charge in [0.05, 0.1) is 0 Å². The maximum absolute atomic E-state index is 2.59. The Kier molecular flexibility index (Phi) is 10.6. The summed E-state index contributed by atoms with van der Waals surface area (Å²) < 4.78 is 3.52. The van der Waals surface area contributed by atoms with Gasteiger partial charge in [0, 0.05) is 0 Å². The fourth-order valence-corrected chi connectivity index (χ4v) is 24.4. The molecule has 2 atom stereocenters. The second-order valence-electron chi connectivity index (χ2n) is 10.3. The van der Waals surface area contributed by atoms with Crippen molar-refractivity contribution in [2.75, 3.05) is 0 Å². The number of rotatable bonds is 6. The standard InChI is InChI=1S/2C17H13.C2H6Si.2ClH.Zr/c2*1-3-7-14(8-4-1)16-11-12-17(13-16)15-9-5-2-6-10-15;1-3-2;;;/h2*1-12,16H;1-2H3;2*1H;. The first-order valence-corrected chi connectivity index (χ1v) is 22.1. The van der Waals surface area contributed by atoms with Gasteiger partial charge in [0.2, 0.25) is 0 Å². The monoisotopic (exact) mass is 654 g/mol. The number of hydrogen-bond acceptors (Lipinski definition) is 0. The van der Waals surface area contributed by atoms with Gasteiger partial charge in [0.25, 0.3) is 0 Å². The van der Waals surface area contributed by atoms with Crippen molar-refractivity contribution in [2.24, 2.45) is 0 Å². The second-order valence-corrected chi connectivity index (χ2v) is 27.1. The zero-order valence-electron chi connectivity index (χ0n) is 22.8. The van der Waals surface area contributed by atoms with Gasteiger partial charge in [-0.05, 0) is 0 Å². The van der Waals surface area contributed by atoms with E-state index in [4.69, 9.17) is 0 Å². The van der Waals surface area contributed by atoms with Crippen LogP contribution in [0.3, 0.4) is 0 Å². The molecule has 2 unspecified atom stereocenters. The molecule has 4 aromatic rings. The van der Waals surface area contributed by atoms with Crippen molar-refractivity contribution in [3.05, 3.63) is 174 Å². The molecule has 0 bridgehead atoms. The molecule has 4 heteroatoms. The summed E-state index contributed by atoms with van der Waals surface area (Å²) in [5.41, 5.74) is 7.95. The Morgan fingerprint density at radius 2 is 0.800 bits per heavy atom. The summed E-state index contributed by atoms with van der Waals surface area (Å²) in [5, 5.41) is 0. The zero-order chi connectivity index (χ0) is 25.9. The van der Waals surface area contributed by atoms with Gasteiger partial charge >= 0.3 is 236 Å². The first kappa shape index (κ1) is 30.5. The summed E-state index contributed by atoms with van der Waals surface area (Å²) in [6, 6.07) is 44.6. The quantitative estimate of drug-likeness (QED) is 0.181. The molecule has 0 saturated heterocycles. The molecule has 4 aromatic carbocycles. The van der Waals surface area contributed by atoms with Crippen molar-refractivity contribution in [3.8, 4) is 0 Å². The Balaban J connectivity index is 0.00000185. The van der Waals surface area contributed by atoms with E-state index in [0.29, 0.717) is 11.8 Å². The zero-order valence-corrected chi connectivity index (χ0v) is 27.9. The van der Waals surface area contributed by atoms with Crippen LogP contribution in [-0.4, -0.2) is 5.43 Å². The molecule has 0 aliphatic heterocycles. The Bertz CT molecular complexity index is 1480. The van der Waals surface area contributed by atoms with E-state index >= 15 is 0 Å². The number of hydrogen-bond donors (Lipinski definition) is 0. The fourth-order valence-electron chi connectivity index (χ4n) is 5.97. The third-order valence-corrected chi connectivity index (χ3v) is 24.7. The molecule has 0 heterocycles. The van der Waals surface area contributed by atoms with E-state index in [9.17, 15) is 0 Å². The molecule has 0 aromatic heterocycles. The van der Waals surface area contributed by atoms with E-state index in [-0.39, 0.29) is 24.8 Å². The van der Waals surface area contributed by atoms with Crippen LogP contribution in [0.2, 0.25) is 13.1 Å². The van der Waals surface area contributed by atoms with E-state index < -0.39 is 25.8 Å². The topological polar surface area (TPSA) is 0 Å². The van der Waals surface area contributed by atoms with Gasteiger partial charge in [0.1, 0.15) is 0 Å². The molecule has 200 valence electrons. The number of halogens is 2. The minimum atomic E-state index is -2.40. The summed E-state index contributed by atoms with van der Waals surface area (Å²) in [5.74, 6) is 0.726. The van der Waals surface area contributed by atoms with Gasteiger partial charge in [-0.2, -0.15) is 0 Å². The third kappa shape index (κ3) is 6.07. The van der Waals surface area contributed by atoms with Crippen LogP contribution in [0.15, 0.2) is 152 Å². The summed E-state index contributed by atoms with van der Waals surface area (Å²) in [6.07, 6.45) is 9.86. The number of benzene rings is 4. The Labute approximate surface area is 259 Å². The molecule has 0 amide bonds. The summed E-state index contributed by atoms with van der Waals surface area (Å²) in [7, 11) is 0. The number of allylic oxidation sites excluding steroid dienone is 8. The summed E-state index contributed by atoms with van der Waals surface area (Å²) in [4.78, 5) is 0. The predicted molar refractivity (Wildman–Crippen MR) is 175 cm³/mol. The Morgan fingerprint density at radius 3 is 1.12 bits per heavy atom. The Hall–Kier alpha value is -2.48. The summed E-state index contributed by atoms with van der Waals surface area (Å²) >= 11 is -2.40. The third-order valence-electron chi connectivity index (χ3n) is 7.64. The maximum Gasteiger partial charge on any atom is -0.147 e. The van der Waals surface area contributed by atoms with Crippen molar-refractivity contribution in [2.45, 2.75) is 24.9 Å². The van der Waals surface area contributed by atoms with Gasteiger partial charge in [-0.25, -0.2) is 0 Å². The largest absolute Gasteiger partial charge is 0.147 e. The van der Waals surface area contributed by atoms with Crippen molar-refractivity contribution in [1.82, 2.24) is 0 Å². The van der Waals surface area contributed by atoms with Gasteiger partial charge in [-0.15, -0.1) is 24.8 Å². The van der Waals surface area contributed by atoms with E-state index in [1.807, 2.05) is 0 Å². The first-order valence-electron chi connectivity index (χ1n) is 13.5. The van der Waals surface area contributed by atoms with Crippen LogP contribution in [0, 0.1) is 0 Å². The van der Waals surface area contributed by atoms with Crippen LogP contribution in [0.1, 0.15) is 34.1 Å². The van der Waals surface area contributed by atoms with Crippen LogP contribution in [-0.2, 0) is 20.4 Å². The van der Waals surface area contributed by atoms with Crippen molar-refractivity contribution in [3.63, 3.8) is 0 Å². The first-order chi connectivity index (χ1) is 18.7. The molecular formula is C36H34Cl2SiZr.